The van der Waals surface area contributed by atoms with E-state index >= 15 is 0 Å². The molecule has 3 rings (SSSR count). The molecule has 0 bridgehead atoms. The van der Waals surface area contributed by atoms with Crippen LogP contribution in [-0.2, 0) is 52.3 Å². The Balaban J connectivity index is 2.18. The summed E-state index contributed by atoms with van der Waals surface area (Å²) in [5.41, 5.74) is -4.34. The van der Waals surface area contributed by atoms with Crippen molar-refractivity contribution < 1.29 is 67.6 Å². The highest BCUT2D eigenvalue weighted by Crippen LogP contribution is 2.41. The van der Waals surface area contributed by atoms with E-state index in [1.54, 1.807) is 41.7 Å². The quantitative estimate of drug-likeness (QED) is 0.151. The highest BCUT2D eigenvalue weighted by atomic mass is 16.7. The molecule has 0 aromatic carbocycles. The lowest BCUT2D eigenvalue weighted by Crippen LogP contribution is -2.61. The first kappa shape index (κ1) is 57.3. The van der Waals surface area contributed by atoms with Gasteiger partial charge in [-0.3, -0.25) is 14.4 Å². The summed E-state index contributed by atoms with van der Waals surface area (Å²) < 4.78 is 51.5. The lowest BCUT2D eigenvalue weighted by molar-refractivity contribution is -0.320. The Morgan fingerprint density at radius 2 is 1.49 bits per heavy atom. The van der Waals surface area contributed by atoms with Crippen LogP contribution < -0.4 is 5.32 Å². The van der Waals surface area contributed by atoms with Crippen molar-refractivity contribution >= 4 is 17.8 Å². The number of rotatable bonds is 17. The zero-order chi connectivity index (χ0) is 49.2. The van der Waals surface area contributed by atoms with Crippen molar-refractivity contribution in [2.75, 3.05) is 47.4 Å². The number of likely N-dealkylation sites (N-methyl/N-ethyl adjacent to an activating group) is 1. The number of hydrogen-bond acceptors (Lipinski definition) is 16. The monoisotopic (exact) mass is 932 g/mol. The molecule has 3 heterocycles. The number of nitrogens with zero attached hydrogens (tertiary/aromatic N) is 2. The Bertz CT molecular complexity index is 1490. The van der Waals surface area contributed by atoms with Crippen LogP contribution in [0.3, 0.4) is 0 Å². The van der Waals surface area contributed by atoms with E-state index in [9.17, 15) is 29.7 Å². The van der Waals surface area contributed by atoms with Gasteiger partial charge in [0.25, 0.3) is 0 Å². The predicted molar refractivity (Wildman–Crippen MR) is 245 cm³/mol. The van der Waals surface area contributed by atoms with Gasteiger partial charge in [-0.05, 0) is 101 Å². The van der Waals surface area contributed by atoms with Crippen LogP contribution in [0.5, 0.6) is 0 Å². The molecule has 17 nitrogen and oxygen atoms in total. The number of carbonyl (C=O) groups is 3. The SMILES string of the molecule is CCCCN(C)[C@H]1C[C@@H](C)O[C@@H](O[C@@H]2[C@@H](C)[C@H](O[C@H]3C[C@@](C)(OC)[C@@H](OC(=O)CCN(CC)CC)[C@H](C)O3)[C@@H](C)C(=O)O[C@H](CC)[C@@](C)(O)[C@@H](O)[C@@H](C)NC(=O)[C@H](C)C[C@@]2(C)OC)[C@@H]1O. The fourth-order valence-corrected chi connectivity index (χ4v) is 10.1. The van der Waals surface area contributed by atoms with Gasteiger partial charge in [-0.15, -0.1) is 0 Å². The van der Waals surface area contributed by atoms with Gasteiger partial charge in [0.05, 0.1) is 48.4 Å². The summed E-state index contributed by atoms with van der Waals surface area (Å²) in [5, 5.41) is 38.2. The molecule has 4 N–H and O–H groups in total. The highest BCUT2D eigenvalue weighted by Gasteiger charge is 2.54. The maximum absolute atomic E-state index is 14.6. The Kier molecular flexibility index (Phi) is 22.0. The molecule has 0 spiro atoms. The van der Waals surface area contributed by atoms with E-state index in [0.29, 0.717) is 13.0 Å². The third-order valence-corrected chi connectivity index (χ3v) is 14.7. The summed E-state index contributed by atoms with van der Waals surface area (Å²) in [6.45, 7) is 26.4. The summed E-state index contributed by atoms with van der Waals surface area (Å²) in [6.07, 6.45) is -6.77. The van der Waals surface area contributed by atoms with Crippen LogP contribution >= 0.6 is 0 Å². The standard InChI is InChI=1S/C48H89N3O14/c1-17-21-23-50(14)34-25-29(6)60-45(38(34)53)65-41-30(7)39(64-37-27-47(12,59-16)42(33(10)61-37)63-36(52)22-24-51(19-3)20-4)31(8)44(56)62-35(18-2)48(13,57)40(54)32(9)49-43(55)28(5)26-46(41,11)58-15/h28-35,37-42,45,53-54,57H,17-27H2,1-16H3,(H,49,55)/t28-,29-,30+,31-,32-,33+,34+,35-,37+,38-,39+,40+,41-,42+,45+,46-,47-,48-/m1/s1. The lowest BCUT2D eigenvalue weighted by Gasteiger charge is -2.50. The van der Waals surface area contributed by atoms with Gasteiger partial charge >= 0.3 is 11.9 Å². The zero-order valence-electron chi connectivity index (χ0n) is 42.7. The van der Waals surface area contributed by atoms with Crippen LogP contribution in [0.1, 0.15) is 135 Å². The summed E-state index contributed by atoms with van der Waals surface area (Å²) in [5.74, 6) is -4.07. The lowest BCUT2D eigenvalue weighted by atomic mass is 9.77. The Morgan fingerprint density at radius 1 is 0.877 bits per heavy atom. The highest BCUT2D eigenvalue weighted by molar-refractivity contribution is 5.78. The molecule has 1 amide bonds. The molecule has 0 aromatic heterocycles. The van der Waals surface area contributed by atoms with Crippen molar-refractivity contribution in [3.8, 4) is 0 Å². The molecule has 65 heavy (non-hydrogen) atoms. The number of aliphatic hydroxyl groups is 3. The minimum absolute atomic E-state index is 0.0882. The van der Waals surface area contributed by atoms with E-state index in [2.05, 4.69) is 22.0 Å². The number of methoxy groups -OCH3 is 2. The number of cyclic esters (lactones) is 1. The van der Waals surface area contributed by atoms with Crippen molar-refractivity contribution in [1.29, 1.82) is 0 Å². The minimum Gasteiger partial charge on any atom is -0.459 e. The van der Waals surface area contributed by atoms with Gasteiger partial charge in [-0.25, -0.2) is 0 Å². The Labute approximate surface area is 390 Å². The molecule has 0 unspecified atom stereocenters. The van der Waals surface area contributed by atoms with E-state index in [1.807, 2.05) is 48.6 Å². The van der Waals surface area contributed by atoms with Crippen LogP contribution in [0, 0.1) is 17.8 Å². The van der Waals surface area contributed by atoms with E-state index in [0.717, 1.165) is 32.5 Å². The summed E-state index contributed by atoms with van der Waals surface area (Å²) in [6, 6.07) is -1.23. The van der Waals surface area contributed by atoms with Gasteiger partial charge in [0, 0.05) is 45.1 Å². The number of esters is 2. The maximum Gasteiger partial charge on any atom is 0.311 e. The summed E-state index contributed by atoms with van der Waals surface area (Å²) in [4.78, 5) is 46.0. The topological polar surface area (TPSA) is 204 Å². The van der Waals surface area contributed by atoms with Crippen molar-refractivity contribution in [1.82, 2.24) is 15.1 Å². The van der Waals surface area contributed by atoms with E-state index < -0.39 is 108 Å². The molecule has 17 heteroatoms. The summed E-state index contributed by atoms with van der Waals surface area (Å²) in [7, 11) is 5.04. The van der Waals surface area contributed by atoms with Crippen LogP contribution in [0.25, 0.3) is 0 Å². The Hall–Kier alpha value is -2.03. The van der Waals surface area contributed by atoms with E-state index in [1.165, 1.54) is 14.0 Å². The largest absolute Gasteiger partial charge is 0.459 e. The number of aliphatic hydroxyl groups excluding tert-OH is 2. The zero-order valence-corrected chi connectivity index (χ0v) is 42.7. The van der Waals surface area contributed by atoms with Crippen molar-refractivity contribution in [3.05, 3.63) is 0 Å². The Morgan fingerprint density at radius 3 is 2.06 bits per heavy atom. The molecule has 3 aliphatic rings. The molecule has 0 saturated carbocycles. The molecular formula is C48H89N3O14. The third kappa shape index (κ3) is 14.3. The number of hydrogen-bond donors (Lipinski definition) is 4. The molecule has 0 aliphatic carbocycles. The molecule has 18 atom stereocenters. The van der Waals surface area contributed by atoms with E-state index in [-0.39, 0.29) is 43.8 Å². The average molecular weight is 932 g/mol. The molecule has 0 aromatic rings. The number of unbranched alkanes of at least 4 members (excludes halogenated alkanes) is 1. The van der Waals surface area contributed by atoms with Gasteiger partial charge in [0.2, 0.25) is 5.91 Å². The minimum atomic E-state index is -1.97. The third-order valence-electron chi connectivity index (χ3n) is 14.7. The first-order valence-electron chi connectivity index (χ1n) is 24.3. The van der Waals surface area contributed by atoms with Crippen LogP contribution in [0.15, 0.2) is 0 Å². The second-order valence-corrected chi connectivity index (χ2v) is 19.9. The maximum atomic E-state index is 14.6. The number of amides is 1. The van der Waals surface area contributed by atoms with Gasteiger partial charge in [0.1, 0.15) is 29.5 Å². The number of ether oxygens (including phenoxy) is 8. The second kappa shape index (κ2) is 25.0. The molecule has 0 radical (unpaired) electrons. The first-order chi connectivity index (χ1) is 30.4. The summed E-state index contributed by atoms with van der Waals surface area (Å²) >= 11 is 0. The van der Waals surface area contributed by atoms with Crippen LogP contribution in [-0.4, -0.2) is 181 Å². The smallest absolute Gasteiger partial charge is 0.311 e. The van der Waals surface area contributed by atoms with Crippen molar-refractivity contribution in [2.45, 2.75) is 225 Å². The fraction of sp³-hybridized carbons (Fsp3) is 0.938. The molecule has 3 fully saturated rings. The number of carbonyl (C=O) groups excluding carboxylic acids is 3. The molecule has 3 aliphatic heterocycles. The number of nitrogens with one attached hydrogen (secondary N) is 1. The van der Waals surface area contributed by atoms with Gasteiger partial charge in [-0.2, -0.15) is 0 Å². The van der Waals surface area contributed by atoms with Crippen LogP contribution in [0.2, 0.25) is 0 Å². The fourth-order valence-electron chi connectivity index (χ4n) is 10.1. The molecule has 3 saturated heterocycles. The van der Waals surface area contributed by atoms with Gasteiger partial charge in [0.15, 0.2) is 18.7 Å². The predicted octanol–water partition coefficient (Wildman–Crippen LogP) is 4.19. The van der Waals surface area contributed by atoms with Crippen molar-refractivity contribution in [2.24, 2.45) is 17.8 Å². The first-order valence-corrected chi connectivity index (χ1v) is 24.3. The normalized spacial score (nSPS) is 41.6. The van der Waals surface area contributed by atoms with Gasteiger partial charge < -0.3 is 68.3 Å². The molecule has 380 valence electrons. The van der Waals surface area contributed by atoms with Crippen LogP contribution in [0.4, 0.5) is 0 Å². The van der Waals surface area contributed by atoms with Crippen molar-refractivity contribution in [3.63, 3.8) is 0 Å². The van der Waals surface area contributed by atoms with Gasteiger partial charge in [-0.1, -0.05) is 48.0 Å². The van der Waals surface area contributed by atoms with E-state index in [4.69, 9.17) is 37.9 Å². The molecular weight excluding hydrogens is 843 g/mol. The average Bonchev–Trinajstić information content (AvgIpc) is 3.26. The second-order valence-electron chi connectivity index (χ2n) is 19.9.